The lowest BCUT2D eigenvalue weighted by molar-refractivity contribution is 0.0684. The topological polar surface area (TPSA) is 55.1 Å². The Labute approximate surface area is 69.8 Å². The first kappa shape index (κ1) is 7.34. The summed E-state index contributed by atoms with van der Waals surface area (Å²) in [5.74, 6) is -0.878. The van der Waals surface area contributed by atoms with Crippen LogP contribution in [0, 0.1) is 6.92 Å². The first-order chi connectivity index (χ1) is 5.70. The Kier molecular flexibility index (Phi) is 1.43. The van der Waals surface area contributed by atoms with Crippen LogP contribution in [-0.4, -0.2) is 20.6 Å². The highest BCUT2D eigenvalue weighted by atomic mass is 16.4. The number of imidazole rings is 1. The zero-order valence-electron chi connectivity index (χ0n) is 6.82. The number of carboxylic acids is 1. The largest absolute Gasteiger partial charge is 0.477 e. The summed E-state index contributed by atoms with van der Waals surface area (Å²) < 4.78 is 1.76. The summed E-state index contributed by atoms with van der Waals surface area (Å²) in [4.78, 5) is 14.8. The van der Waals surface area contributed by atoms with Gasteiger partial charge in [-0.15, -0.1) is 0 Å². The molecule has 12 heavy (non-hydrogen) atoms. The number of rotatable bonds is 2. The minimum absolute atomic E-state index is 0.345. The van der Waals surface area contributed by atoms with Gasteiger partial charge < -0.3 is 9.67 Å². The Bertz CT molecular complexity index is 326. The molecule has 0 atom stereocenters. The van der Waals surface area contributed by atoms with E-state index in [4.69, 9.17) is 5.11 Å². The molecule has 2 rings (SSSR count). The molecule has 1 heterocycles. The second-order valence-corrected chi connectivity index (χ2v) is 3.12. The molecule has 1 fully saturated rings. The molecule has 0 spiro atoms. The average molecular weight is 166 g/mol. The first-order valence-electron chi connectivity index (χ1n) is 3.97. The Balaban J connectivity index is 2.46. The van der Waals surface area contributed by atoms with E-state index >= 15 is 0 Å². The smallest absolute Gasteiger partial charge is 0.354 e. The van der Waals surface area contributed by atoms with Crippen LogP contribution in [0.15, 0.2) is 6.33 Å². The Hall–Kier alpha value is -1.32. The van der Waals surface area contributed by atoms with Gasteiger partial charge in [-0.2, -0.15) is 0 Å². The molecule has 1 aliphatic carbocycles. The molecule has 4 heteroatoms. The van der Waals surface area contributed by atoms with Crippen molar-refractivity contribution in [1.29, 1.82) is 0 Å². The van der Waals surface area contributed by atoms with Crippen LogP contribution < -0.4 is 0 Å². The summed E-state index contributed by atoms with van der Waals surface area (Å²) in [6, 6.07) is 0.386. The molecule has 1 saturated carbocycles. The van der Waals surface area contributed by atoms with Crippen molar-refractivity contribution >= 4 is 5.97 Å². The molecule has 0 aliphatic heterocycles. The van der Waals surface area contributed by atoms with E-state index in [0.717, 1.165) is 12.8 Å². The molecule has 0 aromatic carbocycles. The zero-order valence-corrected chi connectivity index (χ0v) is 6.82. The van der Waals surface area contributed by atoms with Crippen LogP contribution in [0.2, 0.25) is 0 Å². The molecule has 1 N–H and O–H groups in total. The van der Waals surface area contributed by atoms with Crippen molar-refractivity contribution in [2.24, 2.45) is 0 Å². The second kappa shape index (κ2) is 2.33. The molecular formula is C8H10N2O2. The summed E-state index contributed by atoms with van der Waals surface area (Å²) in [7, 11) is 0. The molecule has 1 aliphatic rings. The van der Waals surface area contributed by atoms with Gasteiger partial charge in [0.05, 0.1) is 12.0 Å². The van der Waals surface area contributed by atoms with Crippen molar-refractivity contribution in [2.45, 2.75) is 25.8 Å². The van der Waals surface area contributed by atoms with Crippen molar-refractivity contribution in [3.8, 4) is 0 Å². The maximum atomic E-state index is 10.8. The summed E-state index contributed by atoms with van der Waals surface area (Å²) >= 11 is 0. The van der Waals surface area contributed by atoms with Gasteiger partial charge >= 0.3 is 5.97 Å². The summed E-state index contributed by atoms with van der Waals surface area (Å²) in [6.45, 7) is 1.72. The van der Waals surface area contributed by atoms with Gasteiger partial charge in [0.25, 0.3) is 0 Å². The van der Waals surface area contributed by atoms with Crippen molar-refractivity contribution in [1.82, 2.24) is 9.55 Å². The lowest BCUT2D eigenvalue weighted by Crippen LogP contribution is -2.07. The minimum atomic E-state index is -0.878. The van der Waals surface area contributed by atoms with E-state index in [9.17, 15) is 4.79 Å². The van der Waals surface area contributed by atoms with Crippen LogP contribution in [0.4, 0.5) is 0 Å². The normalized spacial score (nSPS) is 16.4. The number of aromatic nitrogens is 2. The van der Waals surface area contributed by atoms with Gasteiger partial charge in [-0.05, 0) is 19.8 Å². The van der Waals surface area contributed by atoms with E-state index in [2.05, 4.69) is 4.98 Å². The predicted molar refractivity (Wildman–Crippen MR) is 42.2 cm³/mol. The highest BCUT2D eigenvalue weighted by molar-refractivity contribution is 5.87. The van der Waals surface area contributed by atoms with E-state index in [-0.39, 0.29) is 0 Å². The fourth-order valence-corrected chi connectivity index (χ4v) is 1.35. The maximum absolute atomic E-state index is 10.8. The van der Waals surface area contributed by atoms with Crippen LogP contribution in [0.25, 0.3) is 0 Å². The Morgan fingerprint density at radius 1 is 1.75 bits per heavy atom. The fraction of sp³-hybridized carbons (Fsp3) is 0.500. The standard InChI is InChI=1S/C8H10N2O2/c1-5-7(8(11)12)10(4-9-5)6-2-3-6/h4,6H,2-3H2,1H3,(H,11,12). The van der Waals surface area contributed by atoms with Crippen LogP contribution >= 0.6 is 0 Å². The molecule has 4 nitrogen and oxygen atoms in total. The zero-order chi connectivity index (χ0) is 8.72. The Morgan fingerprint density at radius 2 is 2.42 bits per heavy atom. The lowest BCUT2D eigenvalue weighted by atomic mass is 10.3. The quantitative estimate of drug-likeness (QED) is 0.718. The predicted octanol–water partition coefficient (Wildman–Crippen LogP) is 1.22. The van der Waals surface area contributed by atoms with E-state index in [1.165, 1.54) is 0 Å². The molecule has 0 bridgehead atoms. The lowest BCUT2D eigenvalue weighted by Gasteiger charge is -2.01. The molecule has 1 aromatic heterocycles. The fourth-order valence-electron chi connectivity index (χ4n) is 1.35. The van der Waals surface area contributed by atoms with Crippen LogP contribution in [0.1, 0.15) is 35.1 Å². The SMILES string of the molecule is Cc1ncn(C2CC2)c1C(=O)O. The summed E-state index contributed by atoms with van der Waals surface area (Å²) in [6.07, 6.45) is 3.78. The number of hydrogen-bond donors (Lipinski definition) is 1. The van der Waals surface area contributed by atoms with Crippen molar-refractivity contribution < 1.29 is 9.90 Å². The van der Waals surface area contributed by atoms with Gasteiger partial charge in [0.15, 0.2) is 0 Å². The molecular weight excluding hydrogens is 156 g/mol. The molecule has 0 saturated heterocycles. The number of carboxylic acid groups (broad SMARTS) is 1. The number of hydrogen-bond acceptors (Lipinski definition) is 2. The molecule has 0 radical (unpaired) electrons. The van der Waals surface area contributed by atoms with Crippen LogP contribution in [-0.2, 0) is 0 Å². The summed E-state index contributed by atoms with van der Waals surface area (Å²) in [5, 5.41) is 8.85. The monoisotopic (exact) mass is 166 g/mol. The van der Waals surface area contributed by atoms with Gasteiger partial charge in [-0.25, -0.2) is 9.78 Å². The number of carbonyl (C=O) groups is 1. The average Bonchev–Trinajstić information content (AvgIpc) is 2.75. The first-order valence-corrected chi connectivity index (χ1v) is 3.97. The third-order valence-electron chi connectivity index (χ3n) is 2.12. The van der Waals surface area contributed by atoms with Gasteiger partial charge in [-0.3, -0.25) is 0 Å². The van der Waals surface area contributed by atoms with E-state index in [1.807, 2.05) is 0 Å². The van der Waals surface area contributed by atoms with Gasteiger partial charge in [0, 0.05) is 6.04 Å². The third-order valence-corrected chi connectivity index (χ3v) is 2.12. The van der Waals surface area contributed by atoms with Crippen LogP contribution in [0.5, 0.6) is 0 Å². The van der Waals surface area contributed by atoms with Gasteiger partial charge in [0.1, 0.15) is 5.69 Å². The molecule has 1 aromatic rings. The second-order valence-electron chi connectivity index (χ2n) is 3.12. The highest BCUT2D eigenvalue weighted by Crippen LogP contribution is 2.36. The number of aryl methyl sites for hydroxylation is 1. The maximum Gasteiger partial charge on any atom is 0.354 e. The minimum Gasteiger partial charge on any atom is -0.477 e. The Morgan fingerprint density at radius 3 is 2.92 bits per heavy atom. The van der Waals surface area contributed by atoms with Gasteiger partial charge in [0.2, 0.25) is 0 Å². The highest BCUT2D eigenvalue weighted by Gasteiger charge is 2.28. The van der Waals surface area contributed by atoms with E-state index < -0.39 is 5.97 Å². The van der Waals surface area contributed by atoms with E-state index in [1.54, 1.807) is 17.8 Å². The number of nitrogens with zero attached hydrogens (tertiary/aromatic N) is 2. The molecule has 64 valence electrons. The summed E-state index contributed by atoms with van der Waals surface area (Å²) in [5.41, 5.74) is 0.951. The van der Waals surface area contributed by atoms with Crippen molar-refractivity contribution in [2.75, 3.05) is 0 Å². The van der Waals surface area contributed by atoms with Crippen LogP contribution in [0.3, 0.4) is 0 Å². The third kappa shape index (κ3) is 0.995. The van der Waals surface area contributed by atoms with Crippen molar-refractivity contribution in [3.05, 3.63) is 17.7 Å². The molecule has 0 amide bonds. The molecule has 0 unspecified atom stereocenters. The van der Waals surface area contributed by atoms with Gasteiger partial charge in [-0.1, -0.05) is 0 Å². The van der Waals surface area contributed by atoms with E-state index in [0.29, 0.717) is 17.4 Å². The van der Waals surface area contributed by atoms with Crippen molar-refractivity contribution in [3.63, 3.8) is 0 Å². The number of aromatic carboxylic acids is 1.